The number of nitrogens with one attached hydrogen (secondary N) is 3. The van der Waals surface area contributed by atoms with Crippen LogP contribution in [0.5, 0.6) is 0 Å². The summed E-state index contributed by atoms with van der Waals surface area (Å²) in [5.41, 5.74) is 4.69. The standard InChI is InChI=1S/C26H30Cl2N4O5S.2C25H28Cl2N4O5S/c1-4-36-26(35)21-19(13-32-8-9-37-15(3)20(32)11-14(2)25(33)34)30-23(24-29-7-10-38-24)31-22(21)17-6-5-16(27)12-18(17)28;1-3-35-25(34)20-19(13-31-7-8-36-16(12-31)10-14(2)24(32)33)29-22(23-28-6-9-37-23)30-21(20)17-5-4-15(26)11-18(17)27;1-3-35-25(34)21-18(13-31-9-10-36-14(2)19(31)6-7-20(32)33)29-23(24-28-8-11-37-24)30-22(21)16-5-4-15(26)12-17(16)27/h5-7,10,12,14-15,20,22H,4,8-9,11,13H2,1-3H3,(H,30,31)(H,33,34);4-6,9,11,14,16,21H,3,7-8,10,12-13H2,1-2H3,(H,29,30)(H,32,33);4-5,8,11-12,14,19,22H,3,6-7,9-10,13H2,1-2H3,(H,29,30)(H,32,33)/t14?,15-,20-,22+;14?,16-,21+;14-,19-,22+/m111/s1. The van der Waals surface area contributed by atoms with Gasteiger partial charge in [0.25, 0.3) is 0 Å². The molecule has 6 aliphatic rings. The number of nitrogens with zero attached hydrogens (tertiary/aromatic N) is 9. The molecule has 0 saturated carbocycles. The minimum absolute atomic E-state index is 0.0148. The number of morpholine rings is 3. The summed E-state index contributed by atoms with van der Waals surface area (Å²) in [6.07, 6.45) is 5.70. The maximum absolute atomic E-state index is 13.4. The largest absolute Gasteiger partial charge is 0.481 e. The minimum atomic E-state index is -0.865. The van der Waals surface area contributed by atoms with Crippen LogP contribution < -0.4 is 16.0 Å². The summed E-state index contributed by atoms with van der Waals surface area (Å²) in [5, 5.41) is 48.2. The SMILES string of the molecule is CCOC(=O)C1=C(CN2CCO[C@H](C)[C@H]2CC(C)C(=O)O)NC(c2nccs2)=N[C@H]1c1ccc(Cl)cc1Cl.CCOC(=O)C1=C(CN2CCO[C@H](C)[C@H]2CCC(=O)O)NC(c2nccs2)=N[C@H]1c1ccc(Cl)cc1Cl.CCOC(=O)C1=C(CN2CCO[C@H](CC(C)C(=O)O)C2)NC(c2nccs2)=N[C@H]1c1ccc(Cl)cc1Cl. The quantitative estimate of drug-likeness (QED) is 0.0206. The number of hydrogen-bond acceptors (Lipinski definition) is 27. The van der Waals surface area contributed by atoms with E-state index in [0.29, 0.717) is 198 Å². The van der Waals surface area contributed by atoms with Gasteiger partial charge in [-0.05, 0) is 90.3 Å². The summed E-state index contributed by atoms with van der Waals surface area (Å²) in [6.45, 7) is 17.8. The zero-order valence-corrected chi connectivity index (χ0v) is 69.2. The van der Waals surface area contributed by atoms with Crippen molar-refractivity contribution in [2.24, 2.45) is 26.8 Å². The number of thiazole rings is 3. The van der Waals surface area contributed by atoms with Crippen molar-refractivity contribution >= 4 is 157 Å². The number of carbonyl (C=O) groups is 6. The van der Waals surface area contributed by atoms with Crippen molar-refractivity contribution < 1.29 is 72.5 Å². The normalized spacial score (nSPS) is 22.2. The number of amidine groups is 3. The maximum atomic E-state index is 13.4. The Morgan fingerprint density at radius 1 is 0.518 bits per heavy atom. The number of esters is 3. The molecule has 3 saturated heterocycles. The molecule has 10 atom stereocenters. The van der Waals surface area contributed by atoms with Crippen LogP contribution in [0.3, 0.4) is 0 Å². The van der Waals surface area contributed by atoms with E-state index in [4.69, 9.17) is 113 Å². The van der Waals surface area contributed by atoms with Crippen LogP contribution in [0, 0.1) is 11.8 Å². The summed E-state index contributed by atoms with van der Waals surface area (Å²) < 4.78 is 33.9. The van der Waals surface area contributed by atoms with E-state index in [1.54, 1.807) is 108 Å². The van der Waals surface area contributed by atoms with E-state index in [-0.39, 0.29) is 56.6 Å². The fourth-order valence-corrected chi connectivity index (χ4v) is 16.9. The molecule has 36 heteroatoms. The van der Waals surface area contributed by atoms with Gasteiger partial charge in [0.15, 0.2) is 32.5 Å². The fraction of sp³-hybridized carbons (Fsp3) is 0.447. The lowest BCUT2D eigenvalue weighted by atomic mass is 9.93. The number of carboxylic acid groups (broad SMARTS) is 3. The number of ether oxygens (including phenoxy) is 6. The molecule has 2 unspecified atom stereocenters. The lowest BCUT2D eigenvalue weighted by molar-refractivity contribution is -0.144. The van der Waals surface area contributed by atoms with Gasteiger partial charge in [-0.2, -0.15) is 0 Å². The van der Waals surface area contributed by atoms with Gasteiger partial charge in [0, 0.05) is 163 Å². The molecule has 6 N–H and O–H groups in total. The number of hydrogen-bond donors (Lipinski definition) is 6. The second-order valence-electron chi connectivity index (χ2n) is 26.7. The first-order valence-electron chi connectivity index (χ1n) is 36.3. The number of halogens is 6. The van der Waals surface area contributed by atoms with Crippen LogP contribution in [0.1, 0.15) is 124 Å². The number of aromatic nitrogens is 3. The predicted molar refractivity (Wildman–Crippen MR) is 431 cm³/mol. The van der Waals surface area contributed by atoms with Crippen LogP contribution in [0.2, 0.25) is 30.1 Å². The smallest absolute Gasteiger partial charge is 0.338 e. The van der Waals surface area contributed by atoms with Gasteiger partial charge >= 0.3 is 35.8 Å². The fourth-order valence-electron chi connectivity index (χ4n) is 13.6. The van der Waals surface area contributed by atoms with E-state index in [1.165, 1.54) is 34.0 Å². The average molecular weight is 1720 g/mol. The van der Waals surface area contributed by atoms with Gasteiger partial charge in [-0.1, -0.05) is 102 Å². The van der Waals surface area contributed by atoms with Gasteiger partial charge in [-0.25, -0.2) is 29.3 Å². The Morgan fingerprint density at radius 3 is 1.24 bits per heavy atom. The second-order valence-corrected chi connectivity index (χ2v) is 31.9. The molecule has 3 fully saturated rings. The highest BCUT2D eigenvalue weighted by atomic mass is 35.5. The summed E-state index contributed by atoms with van der Waals surface area (Å²) in [4.78, 5) is 109. The molecule has 0 amide bonds. The lowest BCUT2D eigenvalue weighted by Gasteiger charge is -2.42. The highest BCUT2D eigenvalue weighted by Gasteiger charge is 2.42. The van der Waals surface area contributed by atoms with Crippen LogP contribution in [0.4, 0.5) is 0 Å². The highest BCUT2D eigenvalue weighted by Crippen LogP contribution is 2.42. The molecule has 112 heavy (non-hydrogen) atoms. The Kier molecular flexibility index (Phi) is 31.9. The van der Waals surface area contributed by atoms with E-state index < -0.39 is 65.8 Å². The Bertz CT molecular complexity index is 4530. The first-order chi connectivity index (χ1) is 53.7. The van der Waals surface area contributed by atoms with Crippen LogP contribution in [-0.2, 0) is 57.2 Å². The van der Waals surface area contributed by atoms with Crippen molar-refractivity contribution in [3.8, 4) is 0 Å². The van der Waals surface area contributed by atoms with Gasteiger partial charge < -0.3 is 59.7 Å². The van der Waals surface area contributed by atoms with Crippen molar-refractivity contribution in [2.45, 2.75) is 123 Å². The summed E-state index contributed by atoms with van der Waals surface area (Å²) >= 11 is 42.5. The summed E-state index contributed by atoms with van der Waals surface area (Å²) in [6, 6.07) is 12.7. The van der Waals surface area contributed by atoms with Crippen molar-refractivity contribution in [2.75, 3.05) is 85.5 Å². The van der Waals surface area contributed by atoms with Crippen molar-refractivity contribution in [1.82, 2.24) is 45.6 Å². The molecule has 27 nitrogen and oxygen atoms in total. The Balaban J connectivity index is 0.000000178. The molecule has 3 aromatic carbocycles. The molecule has 3 aromatic heterocycles. The zero-order chi connectivity index (χ0) is 80.4. The number of benzene rings is 3. The van der Waals surface area contributed by atoms with E-state index in [2.05, 4.69) is 45.6 Å². The third-order valence-corrected chi connectivity index (χ3v) is 23.1. The number of carbonyl (C=O) groups excluding carboxylic acids is 3. The third-order valence-electron chi connectivity index (χ3n) is 19.1. The topological polar surface area (TPSA) is 340 Å². The van der Waals surface area contributed by atoms with Crippen molar-refractivity contribution in [3.63, 3.8) is 0 Å². The Labute approximate surface area is 690 Å². The third kappa shape index (κ3) is 22.5. The number of carboxylic acids is 3. The zero-order valence-electron chi connectivity index (χ0n) is 62.2. The minimum Gasteiger partial charge on any atom is -0.481 e. The lowest BCUT2D eigenvalue weighted by Crippen LogP contribution is -2.53. The molecule has 600 valence electrons. The predicted octanol–water partition coefficient (Wildman–Crippen LogP) is 13.0. The second kappa shape index (κ2) is 41.2. The molecule has 0 aliphatic carbocycles. The maximum Gasteiger partial charge on any atom is 0.338 e. The molecule has 0 radical (unpaired) electrons. The molecular formula is C76H86Cl6N12O15S3. The van der Waals surface area contributed by atoms with Gasteiger partial charge in [0.2, 0.25) is 0 Å². The highest BCUT2D eigenvalue weighted by molar-refractivity contribution is 7.12. The number of aliphatic carboxylic acids is 3. The average Bonchev–Trinajstić information content (AvgIpc) is 0.935. The van der Waals surface area contributed by atoms with Gasteiger partial charge in [-0.15, -0.1) is 34.0 Å². The first-order valence-corrected chi connectivity index (χ1v) is 41.2. The van der Waals surface area contributed by atoms with E-state index in [9.17, 15) is 44.1 Å². The summed E-state index contributed by atoms with van der Waals surface area (Å²) in [5.74, 6) is -3.62. The van der Waals surface area contributed by atoms with Crippen LogP contribution >= 0.6 is 104 Å². The molecule has 0 spiro atoms. The summed E-state index contributed by atoms with van der Waals surface area (Å²) in [7, 11) is 0. The van der Waals surface area contributed by atoms with Gasteiger partial charge in [0.05, 0.1) is 86.5 Å². The monoisotopic (exact) mass is 1710 g/mol. The van der Waals surface area contributed by atoms with E-state index in [0.717, 1.165) is 0 Å². The van der Waals surface area contributed by atoms with Gasteiger partial charge in [-0.3, -0.25) is 44.1 Å². The van der Waals surface area contributed by atoms with Crippen LogP contribution in [0.25, 0.3) is 0 Å². The van der Waals surface area contributed by atoms with E-state index in [1.807, 2.05) is 30.0 Å². The molecule has 6 aliphatic heterocycles. The van der Waals surface area contributed by atoms with Gasteiger partial charge in [0.1, 0.15) is 18.1 Å². The van der Waals surface area contributed by atoms with Crippen LogP contribution in [0.15, 0.2) is 138 Å². The van der Waals surface area contributed by atoms with E-state index >= 15 is 0 Å². The van der Waals surface area contributed by atoms with Crippen LogP contribution in [-0.4, -0.2) is 214 Å². The molecule has 9 heterocycles. The molecule has 0 bridgehead atoms. The van der Waals surface area contributed by atoms with Crippen molar-refractivity contribution in [3.05, 3.63) is 185 Å². The molecular weight excluding hydrogens is 1630 g/mol. The molecule has 6 aromatic rings. The Morgan fingerprint density at radius 2 is 0.884 bits per heavy atom. The molecule has 12 rings (SSSR count). The first kappa shape index (κ1) is 86.9. The number of rotatable bonds is 27. The Hall–Kier alpha value is -7.50. The van der Waals surface area contributed by atoms with Crippen molar-refractivity contribution in [1.29, 1.82) is 0 Å². The number of aliphatic imine (C=N–C) groups is 3.